The van der Waals surface area contributed by atoms with Crippen molar-refractivity contribution in [2.75, 3.05) is 5.32 Å². The highest BCUT2D eigenvalue weighted by Gasteiger charge is 2.26. The van der Waals surface area contributed by atoms with Gasteiger partial charge in [0, 0.05) is 29.3 Å². The summed E-state index contributed by atoms with van der Waals surface area (Å²) in [7, 11) is 0. The standard InChI is InChI=1S/C22H22FN5O2/c23-17-12-25-22(26-16-7-2-6-15(11-16)21(24)30)28-20(17)14-5-1-4-13(10-14)18-8-3-9-19(29)27-18/h1,3-5,8-10,12,15-16H,2,6-7,11H2,(H2,24,30)(H,27,29)(H,25,26,28)/t15-,16+/m1/s1. The summed E-state index contributed by atoms with van der Waals surface area (Å²) in [5, 5.41) is 3.21. The molecule has 7 nitrogen and oxygen atoms in total. The average Bonchev–Trinajstić information content (AvgIpc) is 2.75. The summed E-state index contributed by atoms with van der Waals surface area (Å²) in [5.74, 6) is -0.697. The molecule has 154 valence electrons. The molecule has 30 heavy (non-hydrogen) atoms. The number of pyridine rings is 1. The van der Waals surface area contributed by atoms with Gasteiger partial charge in [-0.2, -0.15) is 0 Å². The largest absolute Gasteiger partial charge is 0.369 e. The quantitative estimate of drug-likeness (QED) is 0.601. The van der Waals surface area contributed by atoms with Gasteiger partial charge in [-0.3, -0.25) is 9.59 Å². The van der Waals surface area contributed by atoms with Crippen molar-refractivity contribution in [2.24, 2.45) is 11.7 Å². The summed E-state index contributed by atoms with van der Waals surface area (Å²) in [6.45, 7) is 0. The molecule has 0 radical (unpaired) electrons. The SMILES string of the molecule is NC(=O)[C@@H]1CCC[C@H](Nc2ncc(F)c(-c3cccc(-c4cccc(=O)[nH]4)c3)n2)C1. The van der Waals surface area contributed by atoms with E-state index in [0.717, 1.165) is 31.0 Å². The predicted octanol–water partition coefficient (Wildman–Crippen LogP) is 3.09. The number of benzene rings is 1. The van der Waals surface area contributed by atoms with Crippen LogP contribution in [0.25, 0.3) is 22.5 Å². The molecule has 1 saturated carbocycles. The van der Waals surface area contributed by atoms with E-state index < -0.39 is 5.82 Å². The molecule has 3 aromatic rings. The summed E-state index contributed by atoms with van der Waals surface area (Å²) in [5.41, 5.74) is 7.35. The number of primary amides is 1. The number of nitrogens with two attached hydrogens (primary N) is 1. The Kier molecular flexibility index (Phi) is 5.56. The molecule has 0 bridgehead atoms. The van der Waals surface area contributed by atoms with Crippen LogP contribution in [0.4, 0.5) is 10.3 Å². The maximum Gasteiger partial charge on any atom is 0.248 e. The van der Waals surface area contributed by atoms with Crippen LogP contribution >= 0.6 is 0 Å². The van der Waals surface area contributed by atoms with Crippen molar-refractivity contribution in [3.63, 3.8) is 0 Å². The highest BCUT2D eigenvalue weighted by atomic mass is 19.1. The van der Waals surface area contributed by atoms with Crippen molar-refractivity contribution in [3.05, 3.63) is 64.8 Å². The number of anilines is 1. The summed E-state index contributed by atoms with van der Waals surface area (Å²) >= 11 is 0. The number of hydrogen-bond donors (Lipinski definition) is 3. The highest BCUT2D eigenvalue weighted by molar-refractivity contribution is 5.76. The number of aromatic amines is 1. The molecular weight excluding hydrogens is 385 g/mol. The number of rotatable bonds is 5. The lowest BCUT2D eigenvalue weighted by molar-refractivity contribution is -0.122. The van der Waals surface area contributed by atoms with Gasteiger partial charge in [-0.15, -0.1) is 0 Å². The fourth-order valence-electron chi connectivity index (χ4n) is 3.85. The van der Waals surface area contributed by atoms with Crippen LogP contribution in [0.2, 0.25) is 0 Å². The molecule has 0 saturated heterocycles. The minimum Gasteiger partial charge on any atom is -0.369 e. The Balaban J connectivity index is 1.60. The van der Waals surface area contributed by atoms with Crippen molar-refractivity contribution in [3.8, 4) is 22.5 Å². The summed E-state index contributed by atoms with van der Waals surface area (Å²) in [6, 6.07) is 12.0. The second-order valence-corrected chi connectivity index (χ2v) is 7.51. The van der Waals surface area contributed by atoms with Crippen molar-refractivity contribution >= 4 is 11.9 Å². The maximum atomic E-state index is 14.5. The first kappa shape index (κ1) is 19.8. The second-order valence-electron chi connectivity index (χ2n) is 7.51. The molecule has 4 rings (SSSR count). The van der Waals surface area contributed by atoms with Crippen LogP contribution < -0.4 is 16.6 Å². The lowest BCUT2D eigenvalue weighted by atomic mass is 9.85. The number of halogens is 1. The van der Waals surface area contributed by atoms with E-state index in [1.165, 1.54) is 6.07 Å². The highest BCUT2D eigenvalue weighted by Crippen LogP contribution is 2.28. The monoisotopic (exact) mass is 407 g/mol. The van der Waals surface area contributed by atoms with Gasteiger partial charge in [-0.1, -0.05) is 30.7 Å². The molecule has 1 aromatic carbocycles. The van der Waals surface area contributed by atoms with E-state index in [0.29, 0.717) is 23.6 Å². The first-order valence-corrected chi connectivity index (χ1v) is 9.88. The molecule has 2 heterocycles. The molecule has 1 amide bonds. The molecule has 0 spiro atoms. The van der Waals surface area contributed by atoms with E-state index in [2.05, 4.69) is 20.3 Å². The number of carbonyl (C=O) groups excluding carboxylic acids is 1. The number of hydrogen-bond acceptors (Lipinski definition) is 5. The van der Waals surface area contributed by atoms with Crippen molar-refractivity contribution in [1.29, 1.82) is 0 Å². The zero-order valence-electron chi connectivity index (χ0n) is 16.3. The minimum atomic E-state index is -0.544. The smallest absolute Gasteiger partial charge is 0.248 e. The van der Waals surface area contributed by atoms with Crippen LogP contribution in [0.5, 0.6) is 0 Å². The molecule has 1 aliphatic carbocycles. The van der Waals surface area contributed by atoms with Crippen LogP contribution in [0, 0.1) is 11.7 Å². The van der Waals surface area contributed by atoms with Gasteiger partial charge in [0.25, 0.3) is 0 Å². The number of carbonyl (C=O) groups is 1. The zero-order valence-corrected chi connectivity index (χ0v) is 16.3. The van der Waals surface area contributed by atoms with E-state index in [9.17, 15) is 14.0 Å². The first-order valence-electron chi connectivity index (χ1n) is 9.88. The molecule has 1 aliphatic rings. The third kappa shape index (κ3) is 4.37. The second kappa shape index (κ2) is 8.44. The number of nitrogens with one attached hydrogen (secondary N) is 2. The Hall–Kier alpha value is -3.55. The fourth-order valence-corrected chi connectivity index (χ4v) is 3.85. The van der Waals surface area contributed by atoms with Gasteiger partial charge in [-0.05, 0) is 37.0 Å². The normalized spacial score (nSPS) is 18.7. The Morgan fingerprint density at radius 2 is 1.97 bits per heavy atom. The Morgan fingerprint density at radius 1 is 1.17 bits per heavy atom. The Labute approximate surface area is 172 Å². The minimum absolute atomic E-state index is 0.00953. The number of H-pyrrole nitrogens is 1. The van der Waals surface area contributed by atoms with E-state index in [4.69, 9.17) is 5.73 Å². The van der Waals surface area contributed by atoms with Crippen molar-refractivity contribution in [1.82, 2.24) is 15.0 Å². The predicted molar refractivity (Wildman–Crippen MR) is 112 cm³/mol. The first-order chi connectivity index (χ1) is 14.5. The molecular formula is C22H22FN5O2. The molecule has 4 N–H and O–H groups in total. The average molecular weight is 407 g/mol. The van der Waals surface area contributed by atoms with Crippen LogP contribution in [-0.2, 0) is 4.79 Å². The van der Waals surface area contributed by atoms with Crippen LogP contribution in [0.15, 0.2) is 53.5 Å². The summed E-state index contributed by atoms with van der Waals surface area (Å²) in [6.07, 6.45) is 4.29. The Morgan fingerprint density at radius 3 is 2.77 bits per heavy atom. The van der Waals surface area contributed by atoms with Crippen LogP contribution in [-0.4, -0.2) is 26.9 Å². The van der Waals surface area contributed by atoms with E-state index in [1.54, 1.807) is 30.3 Å². The molecule has 1 fully saturated rings. The lowest BCUT2D eigenvalue weighted by Crippen LogP contribution is -2.34. The molecule has 0 unspecified atom stereocenters. The van der Waals surface area contributed by atoms with E-state index in [-0.39, 0.29) is 29.1 Å². The van der Waals surface area contributed by atoms with E-state index in [1.807, 2.05) is 6.07 Å². The van der Waals surface area contributed by atoms with Gasteiger partial charge in [0.1, 0.15) is 5.69 Å². The summed E-state index contributed by atoms with van der Waals surface area (Å²) in [4.78, 5) is 34.3. The van der Waals surface area contributed by atoms with Gasteiger partial charge in [0.2, 0.25) is 17.4 Å². The van der Waals surface area contributed by atoms with Crippen LogP contribution in [0.3, 0.4) is 0 Å². The number of amides is 1. The Bertz CT molecular complexity index is 1130. The topological polar surface area (TPSA) is 114 Å². The van der Waals surface area contributed by atoms with E-state index >= 15 is 0 Å². The van der Waals surface area contributed by atoms with Gasteiger partial charge in [0.05, 0.1) is 6.20 Å². The van der Waals surface area contributed by atoms with Gasteiger partial charge < -0.3 is 16.0 Å². The molecule has 0 aliphatic heterocycles. The fraction of sp³-hybridized carbons (Fsp3) is 0.273. The van der Waals surface area contributed by atoms with Crippen molar-refractivity contribution in [2.45, 2.75) is 31.7 Å². The van der Waals surface area contributed by atoms with Crippen LogP contribution in [0.1, 0.15) is 25.7 Å². The number of aromatic nitrogens is 3. The summed E-state index contributed by atoms with van der Waals surface area (Å²) < 4.78 is 14.5. The van der Waals surface area contributed by atoms with Crippen molar-refractivity contribution < 1.29 is 9.18 Å². The third-order valence-corrected chi connectivity index (χ3v) is 5.37. The van der Waals surface area contributed by atoms with Gasteiger partial charge >= 0.3 is 0 Å². The number of nitrogens with zero attached hydrogens (tertiary/aromatic N) is 2. The van der Waals surface area contributed by atoms with Gasteiger partial charge in [0.15, 0.2) is 5.82 Å². The molecule has 2 aromatic heterocycles. The lowest BCUT2D eigenvalue weighted by Gasteiger charge is -2.27. The van der Waals surface area contributed by atoms with Gasteiger partial charge in [-0.25, -0.2) is 14.4 Å². The zero-order chi connectivity index (χ0) is 21.1. The molecule has 2 atom stereocenters. The third-order valence-electron chi connectivity index (χ3n) is 5.37. The maximum absolute atomic E-state index is 14.5. The molecule has 8 heteroatoms.